The molecule has 1 aromatic carbocycles. The van der Waals surface area contributed by atoms with Crippen LogP contribution in [0.2, 0.25) is 0 Å². The average Bonchev–Trinajstić information content (AvgIpc) is 2.54. The molecule has 0 saturated carbocycles. The molecule has 1 saturated heterocycles. The Kier molecular flexibility index (Phi) is 6.05. The standard InChI is InChI=1S/C17H26N2O2/c1-19(13-15-5-3-4-12-18-15)17(20)11-8-14-6-9-16(21-2)10-7-14/h6-7,9-10,15,18H,3-5,8,11-13H2,1-2H3. The van der Waals surface area contributed by atoms with Crippen LogP contribution in [0.4, 0.5) is 0 Å². The molecule has 116 valence electrons. The number of aryl methyl sites for hydroxylation is 1. The van der Waals surface area contributed by atoms with Gasteiger partial charge in [0.15, 0.2) is 0 Å². The number of rotatable bonds is 6. The van der Waals surface area contributed by atoms with Crippen molar-refractivity contribution in [1.29, 1.82) is 0 Å². The zero-order valence-corrected chi connectivity index (χ0v) is 13.1. The molecular formula is C17H26N2O2. The third kappa shape index (κ3) is 5.05. The highest BCUT2D eigenvalue weighted by Crippen LogP contribution is 2.13. The Morgan fingerprint density at radius 2 is 2.10 bits per heavy atom. The molecule has 2 rings (SSSR count). The molecule has 0 spiro atoms. The first-order valence-electron chi connectivity index (χ1n) is 7.79. The fourth-order valence-corrected chi connectivity index (χ4v) is 2.75. The molecule has 1 amide bonds. The van der Waals surface area contributed by atoms with Crippen molar-refractivity contribution in [3.8, 4) is 5.75 Å². The van der Waals surface area contributed by atoms with Crippen LogP contribution in [-0.4, -0.2) is 44.1 Å². The maximum atomic E-state index is 12.2. The average molecular weight is 290 g/mol. The summed E-state index contributed by atoms with van der Waals surface area (Å²) < 4.78 is 5.14. The molecule has 0 radical (unpaired) electrons. The van der Waals surface area contributed by atoms with Crippen LogP contribution in [0.5, 0.6) is 5.75 Å². The third-order valence-corrected chi connectivity index (χ3v) is 4.12. The molecule has 1 atom stereocenters. The van der Waals surface area contributed by atoms with E-state index >= 15 is 0 Å². The molecule has 1 heterocycles. The van der Waals surface area contributed by atoms with Crippen molar-refractivity contribution in [2.75, 3.05) is 27.2 Å². The van der Waals surface area contributed by atoms with Crippen LogP contribution in [0.25, 0.3) is 0 Å². The molecule has 4 nitrogen and oxygen atoms in total. The SMILES string of the molecule is COc1ccc(CCC(=O)N(C)CC2CCCCN2)cc1. The first-order chi connectivity index (χ1) is 10.2. The number of methoxy groups -OCH3 is 1. The molecule has 1 fully saturated rings. The van der Waals surface area contributed by atoms with E-state index in [1.807, 2.05) is 36.2 Å². The van der Waals surface area contributed by atoms with Gasteiger partial charge in [-0.05, 0) is 43.5 Å². The normalized spacial score (nSPS) is 18.3. The summed E-state index contributed by atoms with van der Waals surface area (Å²) in [5.74, 6) is 1.07. The van der Waals surface area contributed by atoms with Crippen molar-refractivity contribution in [1.82, 2.24) is 10.2 Å². The summed E-state index contributed by atoms with van der Waals surface area (Å²) in [6, 6.07) is 8.39. The van der Waals surface area contributed by atoms with Crippen LogP contribution >= 0.6 is 0 Å². The minimum Gasteiger partial charge on any atom is -0.497 e. The number of nitrogens with zero attached hydrogens (tertiary/aromatic N) is 1. The number of piperidine rings is 1. The van der Waals surface area contributed by atoms with Crippen LogP contribution in [0.3, 0.4) is 0 Å². The number of likely N-dealkylation sites (N-methyl/N-ethyl adjacent to an activating group) is 1. The van der Waals surface area contributed by atoms with Crippen molar-refractivity contribution < 1.29 is 9.53 Å². The van der Waals surface area contributed by atoms with Gasteiger partial charge in [-0.1, -0.05) is 18.6 Å². The van der Waals surface area contributed by atoms with Crippen LogP contribution < -0.4 is 10.1 Å². The number of nitrogens with one attached hydrogen (secondary N) is 1. The van der Waals surface area contributed by atoms with Crippen molar-refractivity contribution in [2.45, 2.75) is 38.1 Å². The monoisotopic (exact) mass is 290 g/mol. The van der Waals surface area contributed by atoms with Gasteiger partial charge in [-0.15, -0.1) is 0 Å². The molecule has 1 N–H and O–H groups in total. The molecule has 1 unspecified atom stereocenters. The molecule has 21 heavy (non-hydrogen) atoms. The second-order valence-electron chi connectivity index (χ2n) is 5.77. The van der Waals surface area contributed by atoms with Crippen molar-refractivity contribution in [3.05, 3.63) is 29.8 Å². The van der Waals surface area contributed by atoms with Gasteiger partial charge in [0.05, 0.1) is 7.11 Å². The molecule has 0 aromatic heterocycles. The van der Waals surface area contributed by atoms with Gasteiger partial charge in [0, 0.05) is 26.1 Å². The highest BCUT2D eigenvalue weighted by molar-refractivity contribution is 5.76. The predicted octanol–water partition coefficient (Wildman–Crippen LogP) is 2.23. The topological polar surface area (TPSA) is 41.6 Å². The fraction of sp³-hybridized carbons (Fsp3) is 0.588. The summed E-state index contributed by atoms with van der Waals surface area (Å²) in [6.45, 7) is 1.90. The minimum absolute atomic E-state index is 0.221. The summed E-state index contributed by atoms with van der Waals surface area (Å²) in [5, 5.41) is 3.48. The van der Waals surface area contributed by atoms with Gasteiger partial charge >= 0.3 is 0 Å². The Hall–Kier alpha value is -1.55. The predicted molar refractivity (Wildman–Crippen MR) is 84.6 cm³/mol. The van der Waals surface area contributed by atoms with Crippen LogP contribution in [-0.2, 0) is 11.2 Å². The van der Waals surface area contributed by atoms with E-state index < -0.39 is 0 Å². The number of hydrogen-bond acceptors (Lipinski definition) is 3. The van der Waals surface area contributed by atoms with Gasteiger partial charge in [0.1, 0.15) is 5.75 Å². The van der Waals surface area contributed by atoms with Crippen molar-refractivity contribution in [3.63, 3.8) is 0 Å². The Bertz CT molecular complexity index is 439. The highest BCUT2D eigenvalue weighted by atomic mass is 16.5. The van der Waals surface area contributed by atoms with Crippen LogP contribution in [0.1, 0.15) is 31.2 Å². The van der Waals surface area contributed by atoms with Gasteiger partial charge in [-0.3, -0.25) is 4.79 Å². The molecule has 0 aliphatic carbocycles. The second kappa shape index (κ2) is 8.03. The van der Waals surface area contributed by atoms with E-state index in [0.717, 1.165) is 25.3 Å². The van der Waals surface area contributed by atoms with E-state index in [2.05, 4.69) is 5.32 Å². The number of carbonyl (C=O) groups excluding carboxylic acids is 1. The number of hydrogen-bond donors (Lipinski definition) is 1. The first kappa shape index (κ1) is 15.8. The van der Waals surface area contributed by atoms with Crippen molar-refractivity contribution in [2.24, 2.45) is 0 Å². The number of amides is 1. The molecule has 1 aliphatic rings. The van der Waals surface area contributed by atoms with E-state index in [1.54, 1.807) is 7.11 Å². The zero-order chi connectivity index (χ0) is 15.1. The Balaban J connectivity index is 1.74. The minimum atomic E-state index is 0.221. The molecule has 0 bridgehead atoms. The van der Waals surface area contributed by atoms with Crippen LogP contribution in [0, 0.1) is 0 Å². The van der Waals surface area contributed by atoms with E-state index in [1.165, 1.54) is 24.8 Å². The van der Waals surface area contributed by atoms with Gasteiger partial charge < -0.3 is 15.0 Å². The maximum absolute atomic E-state index is 12.2. The quantitative estimate of drug-likeness (QED) is 0.873. The van der Waals surface area contributed by atoms with Gasteiger partial charge in [-0.2, -0.15) is 0 Å². The first-order valence-corrected chi connectivity index (χ1v) is 7.79. The van der Waals surface area contributed by atoms with Crippen molar-refractivity contribution >= 4 is 5.91 Å². The fourth-order valence-electron chi connectivity index (χ4n) is 2.75. The summed E-state index contributed by atoms with van der Waals surface area (Å²) in [5.41, 5.74) is 1.17. The highest BCUT2D eigenvalue weighted by Gasteiger charge is 2.17. The summed E-state index contributed by atoms with van der Waals surface area (Å²) in [7, 11) is 3.57. The van der Waals surface area contributed by atoms with Crippen LogP contribution in [0.15, 0.2) is 24.3 Å². The lowest BCUT2D eigenvalue weighted by Crippen LogP contribution is -2.44. The van der Waals surface area contributed by atoms with Gasteiger partial charge in [0.2, 0.25) is 5.91 Å². The summed E-state index contributed by atoms with van der Waals surface area (Å²) in [4.78, 5) is 14.1. The second-order valence-corrected chi connectivity index (χ2v) is 5.77. The third-order valence-electron chi connectivity index (χ3n) is 4.12. The lowest BCUT2D eigenvalue weighted by Gasteiger charge is -2.28. The number of benzene rings is 1. The van der Waals surface area contributed by atoms with E-state index in [9.17, 15) is 4.79 Å². The summed E-state index contributed by atoms with van der Waals surface area (Å²) >= 11 is 0. The lowest BCUT2D eigenvalue weighted by atomic mass is 10.0. The van der Waals surface area contributed by atoms with Gasteiger partial charge in [0.25, 0.3) is 0 Å². The molecule has 4 heteroatoms. The Morgan fingerprint density at radius 3 is 2.71 bits per heavy atom. The number of carbonyl (C=O) groups is 1. The lowest BCUT2D eigenvalue weighted by molar-refractivity contribution is -0.130. The van der Waals surface area contributed by atoms with Gasteiger partial charge in [-0.25, -0.2) is 0 Å². The maximum Gasteiger partial charge on any atom is 0.222 e. The zero-order valence-electron chi connectivity index (χ0n) is 13.1. The summed E-state index contributed by atoms with van der Waals surface area (Å²) in [6.07, 6.45) is 5.05. The smallest absolute Gasteiger partial charge is 0.222 e. The Labute approximate surface area is 127 Å². The van der Waals surface area contributed by atoms with E-state index in [4.69, 9.17) is 4.74 Å². The molecular weight excluding hydrogens is 264 g/mol. The largest absolute Gasteiger partial charge is 0.497 e. The van der Waals surface area contributed by atoms with E-state index in [0.29, 0.717) is 12.5 Å². The number of ether oxygens (including phenoxy) is 1. The molecule has 1 aliphatic heterocycles. The molecule has 1 aromatic rings. The van der Waals surface area contributed by atoms with E-state index in [-0.39, 0.29) is 5.91 Å². The Morgan fingerprint density at radius 1 is 1.33 bits per heavy atom.